The van der Waals surface area contributed by atoms with Gasteiger partial charge < -0.3 is 0 Å². The van der Waals surface area contributed by atoms with Gasteiger partial charge >= 0.3 is 0 Å². The Labute approximate surface area is 174 Å². The van der Waals surface area contributed by atoms with Crippen molar-refractivity contribution in [1.82, 2.24) is 29.5 Å². The third-order valence-electron chi connectivity index (χ3n) is 5.58. The zero-order valence-electron chi connectivity index (χ0n) is 16.8. The van der Waals surface area contributed by atoms with E-state index in [-0.39, 0.29) is 6.04 Å². The maximum Gasteiger partial charge on any atom is 0.159 e. The summed E-state index contributed by atoms with van der Waals surface area (Å²) in [6.45, 7) is 0. The first-order valence-electron chi connectivity index (χ1n) is 10.1. The van der Waals surface area contributed by atoms with Crippen LogP contribution in [-0.4, -0.2) is 35.3 Å². The third-order valence-corrected chi connectivity index (χ3v) is 5.58. The molecule has 1 aromatic carbocycles. The lowest BCUT2D eigenvalue weighted by molar-refractivity contribution is -0.121. The predicted octanol–water partition coefficient (Wildman–Crippen LogP) is 4.09. The summed E-state index contributed by atoms with van der Waals surface area (Å²) < 4.78 is 3.70. The van der Waals surface area contributed by atoms with E-state index in [9.17, 15) is 4.79 Å². The molecule has 0 aliphatic heterocycles. The SMILES string of the molecule is Cn1cc(-c2cccc(-c3ncc(-c4cnn(C5CCCC(=O)C5)c4)cn3)c2)cn1. The Hall–Kier alpha value is -3.61. The second-order valence-electron chi connectivity index (χ2n) is 7.78. The van der Waals surface area contributed by atoms with Gasteiger partial charge in [-0.2, -0.15) is 10.2 Å². The minimum Gasteiger partial charge on any atom is -0.300 e. The van der Waals surface area contributed by atoms with Crippen molar-refractivity contribution in [2.75, 3.05) is 0 Å². The van der Waals surface area contributed by atoms with Gasteiger partial charge in [0, 0.05) is 66.9 Å². The smallest absolute Gasteiger partial charge is 0.159 e. The molecule has 1 fully saturated rings. The van der Waals surface area contributed by atoms with Crippen LogP contribution in [0.4, 0.5) is 0 Å². The fraction of sp³-hybridized carbons (Fsp3) is 0.261. The van der Waals surface area contributed by atoms with E-state index in [2.05, 4.69) is 32.3 Å². The van der Waals surface area contributed by atoms with E-state index in [1.807, 2.05) is 61.0 Å². The molecule has 1 atom stereocenters. The van der Waals surface area contributed by atoms with Crippen molar-refractivity contribution in [2.24, 2.45) is 7.05 Å². The van der Waals surface area contributed by atoms with Crippen LogP contribution in [0.2, 0.25) is 0 Å². The number of rotatable bonds is 4. The molecule has 30 heavy (non-hydrogen) atoms. The lowest BCUT2D eigenvalue weighted by atomic mass is 9.94. The Bertz CT molecular complexity index is 1190. The van der Waals surface area contributed by atoms with Crippen LogP contribution in [0, 0.1) is 0 Å². The summed E-state index contributed by atoms with van der Waals surface area (Å²) in [5, 5.41) is 8.72. The molecule has 5 rings (SSSR count). The van der Waals surface area contributed by atoms with Crippen LogP contribution in [0.15, 0.2) is 61.4 Å². The van der Waals surface area contributed by atoms with Crippen LogP contribution in [-0.2, 0) is 11.8 Å². The minimum absolute atomic E-state index is 0.162. The Morgan fingerprint density at radius 1 is 0.900 bits per heavy atom. The van der Waals surface area contributed by atoms with E-state index in [0.717, 1.165) is 40.7 Å². The van der Waals surface area contributed by atoms with Gasteiger partial charge in [-0.25, -0.2) is 9.97 Å². The van der Waals surface area contributed by atoms with Crippen molar-refractivity contribution in [3.8, 4) is 33.6 Å². The number of ketones is 1. The van der Waals surface area contributed by atoms with Crippen LogP contribution in [0.1, 0.15) is 31.7 Å². The van der Waals surface area contributed by atoms with Crippen molar-refractivity contribution >= 4 is 5.78 Å². The Kier molecular flexibility index (Phi) is 4.71. The molecule has 4 aromatic rings. The first-order chi connectivity index (χ1) is 14.7. The lowest BCUT2D eigenvalue weighted by Crippen LogP contribution is -2.19. The van der Waals surface area contributed by atoms with Crippen LogP contribution in [0.3, 0.4) is 0 Å². The summed E-state index contributed by atoms with van der Waals surface area (Å²) in [6, 6.07) is 8.30. The molecule has 150 valence electrons. The molecule has 0 amide bonds. The fourth-order valence-corrected chi connectivity index (χ4v) is 3.95. The van der Waals surface area contributed by atoms with E-state index in [4.69, 9.17) is 0 Å². The second-order valence-corrected chi connectivity index (χ2v) is 7.78. The van der Waals surface area contributed by atoms with Crippen LogP contribution in [0.25, 0.3) is 33.6 Å². The van der Waals surface area contributed by atoms with Gasteiger partial charge in [0.1, 0.15) is 5.78 Å². The molecule has 3 heterocycles. The molecule has 0 saturated heterocycles. The van der Waals surface area contributed by atoms with E-state index in [1.54, 1.807) is 4.68 Å². The topological polar surface area (TPSA) is 78.5 Å². The molecule has 1 aliphatic rings. The highest BCUT2D eigenvalue weighted by Crippen LogP contribution is 2.28. The van der Waals surface area contributed by atoms with Crippen LogP contribution < -0.4 is 0 Å². The molecule has 0 bridgehead atoms. The van der Waals surface area contributed by atoms with E-state index < -0.39 is 0 Å². The molecule has 0 radical (unpaired) electrons. The average molecular weight is 398 g/mol. The van der Waals surface area contributed by atoms with Crippen molar-refractivity contribution in [2.45, 2.75) is 31.7 Å². The number of nitrogens with zero attached hydrogens (tertiary/aromatic N) is 6. The molecule has 1 saturated carbocycles. The minimum atomic E-state index is 0.162. The maximum atomic E-state index is 11.7. The largest absolute Gasteiger partial charge is 0.300 e. The molecule has 0 spiro atoms. The molecule has 3 aromatic heterocycles. The quantitative estimate of drug-likeness (QED) is 0.517. The zero-order chi connectivity index (χ0) is 20.5. The Balaban J connectivity index is 1.37. The summed E-state index contributed by atoms with van der Waals surface area (Å²) in [7, 11) is 1.91. The normalized spacial score (nSPS) is 16.7. The number of hydrogen-bond donors (Lipinski definition) is 0. The van der Waals surface area contributed by atoms with Crippen molar-refractivity contribution < 1.29 is 4.79 Å². The molecular formula is C23H22N6O. The van der Waals surface area contributed by atoms with Gasteiger partial charge in [0.15, 0.2) is 5.82 Å². The highest BCUT2D eigenvalue weighted by molar-refractivity contribution is 5.79. The summed E-state index contributed by atoms with van der Waals surface area (Å²) in [5.41, 5.74) is 4.97. The van der Waals surface area contributed by atoms with Gasteiger partial charge in [0.05, 0.1) is 18.4 Å². The standard InChI is InChI=1S/C23H22N6O/c1-28-14-19(12-26-28)16-4-2-5-17(8-16)23-24-10-18(11-25-23)20-13-27-29(15-20)21-6-3-7-22(30)9-21/h2,4-5,8,10-15,21H,3,6-7,9H2,1H3. The van der Waals surface area contributed by atoms with Crippen LogP contribution >= 0.6 is 0 Å². The molecule has 7 nitrogen and oxygen atoms in total. The lowest BCUT2D eigenvalue weighted by Gasteiger charge is -2.20. The van der Waals surface area contributed by atoms with Gasteiger partial charge in [-0.15, -0.1) is 0 Å². The Morgan fingerprint density at radius 3 is 2.43 bits per heavy atom. The summed E-state index contributed by atoms with van der Waals surface area (Å²) in [6.07, 6.45) is 14.5. The zero-order valence-corrected chi connectivity index (χ0v) is 16.8. The van der Waals surface area contributed by atoms with Crippen molar-refractivity contribution in [3.05, 3.63) is 61.4 Å². The summed E-state index contributed by atoms with van der Waals surface area (Å²) in [5.74, 6) is 0.999. The predicted molar refractivity (Wildman–Crippen MR) is 113 cm³/mol. The molecule has 7 heteroatoms. The van der Waals surface area contributed by atoms with Gasteiger partial charge in [-0.05, 0) is 24.5 Å². The van der Waals surface area contributed by atoms with Gasteiger partial charge in [-0.1, -0.05) is 18.2 Å². The number of Topliss-reactive ketones (excluding diaryl/α,β-unsaturated/α-hetero) is 1. The van der Waals surface area contributed by atoms with Gasteiger partial charge in [0.2, 0.25) is 0 Å². The number of benzene rings is 1. The Morgan fingerprint density at radius 2 is 1.67 bits per heavy atom. The molecular weight excluding hydrogens is 376 g/mol. The summed E-state index contributed by atoms with van der Waals surface area (Å²) in [4.78, 5) is 20.9. The second kappa shape index (κ2) is 7.67. The molecule has 0 N–H and O–H groups in total. The molecule has 1 aliphatic carbocycles. The first-order valence-corrected chi connectivity index (χ1v) is 10.1. The highest BCUT2D eigenvalue weighted by Gasteiger charge is 2.21. The number of aromatic nitrogens is 6. The third kappa shape index (κ3) is 3.66. The number of aryl methyl sites for hydroxylation is 1. The number of carbonyl (C=O) groups excluding carboxylic acids is 1. The van der Waals surface area contributed by atoms with Gasteiger partial charge in [-0.3, -0.25) is 14.2 Å². The van der Waals surface area contributed by atoms with E-state index in [0.29, 0.717) is 24.4 Å². The van der Waals surface area contributed by atoms with Crippen molar-refractivity contribution in [1.29, 1.82) is 0 Å². The highest BCUT2D eigenvalue weighted by atomic mass is 16.1. The average Bonchev–Trinajstić information content (AvgIpc) is 3.44. The fourth-order valence-electron chi connectivity index (χ4n) is 3.95. The van der Waals surface area contributed by atoms with Gasteiger partial charge in [0.25, 0.3) is 0 Å². The first kappa shape index (κ1) is 18.4. The van der Waals surface area contributed by atoms with E-state index >= 15 is 0 Å². The number of carbonyl (C=O) groups is 1. The summed E-state index contributed by atoms with van der Waals surface area (Å²) >= 11 is 0. The molecule has 1 unspecified atom stereocenters. The van der Waals surface area contributed by atoms with Crippen LogP contribution in [0.5, 0.6) is 0 Å². The van der Waals surface area contributed by atoms with E-state index in [1.165, 1.54) is 0 Å². The monoisotopic (exact) mass is 398 g/mol. The van der Waals surface area contributed by atoms with Crippen molar-refractivity contribution in [3.63, 3.8) is 0 Å². The number of hydrogen-bond acceptors (Lipinski definition) is 5. The maximum absolute atomic E-state index is 11.7.